The van der Waals surface area contributed by atoms with Crippen molar-refractivity contribution in [2.45, 2.75) is 39.3 Å². The maximum absolute atomic E-state index is 13.7. The van der Waals surface area contributed by atoms with Gasteiger partial charge in [-0.25, -0.2) is 18.7 Å². The van der Waals surface area contributed by atoms with Gasteiger partial charge in [0, 0.05) is 56.8 Å². The number of anilines is 1. The summed E-state index contributed by atoms with van der Waals surface area (Å²) in [6, 6.07) is 10.4. The van der Waals surface area contributed by atoms with E-state index in [2.05, 4.69) is 21.8 Å². The molecule has 1 amide bonds. The molecule has 0 N–H and O–H groups in total. The van der Waals surface area contributed by atoms with Crippen LogP contribution >= 0.6 is 0 Å². The average Bonchev–Trinajstić information content (AvgIpc) is 3.48. The standard InChI is InChI=1S/C27H29F2N5O3/c1-17-14-32(26(35)15-33-16-31-22-11-19(27(3,28)29)5-8-23(22)33)9-10-34(17)20-6-7-21(24(12-20)36-4)25-13-30-18(2)37-25/h5-8,11-13,16-17H,9-10,14-15H2,1-4H3/t17-/m0/s1. The second-order valence-electron chi connectivity index (χ2n) is 9.47. The molecule has 5 rings (SSSR count). The van der Waals surface area contributed by atoms with Crippen LogP contribution in [-0.4, -0.2) is 58.1 Å². The van der Waals surface area contributed by atoms with Crippen LogP contribution < -0.4 is 9.64 Å². The lowest BCUT2D eigenvalue weighted by Crippen LogP contribution is -2.54. The van der Waals surface area contributed by atoms with Gasteiger partial charge in [0.25, 0.3) is 5.92 Å². The van der Waals surface area contributed by atoms with Crippen molar-refractivity contribution in [1.82, 2.24) is 19.4 Å². The van der Waals surface area contributed by atoms with E-state index < -0.39 is 5.92 Å². The van der Waals surface area contributed by atoms with Gasteiger partial charge in [0.05, 0.1) is 36.2 Å². The number of oxazole rings is 1. The molecular formula is C27H29F2N5O3. The minimum atomic E-state index is -2.94. The Morgan fingerprint density at radius 1 is 1.19 bits per heavy atom. The third-order valence-corrected chi connectivity index (χ3v) is 6.82. The second-order valence-corrected chi connectivity index (χ2v) is 9.47. The average molecular weight is 510 g/mol. The van der Waals surface area contributed by atoms with Crippen LogP contribution in [-0.2, 0) is 17.3 Å². The molecule has 0 saturated carbocycles. The molecule has 194 valence electrons. The molecule has 0 radical (unpaired) electrons. The summed E-state index contributed by atoms with van der Waals surface area (Å²) < 4.78 is 40.3. The number of ether oxygens (including phenoxy) is 1. The van der Waals surface area contributed by atoms with Gasteiger partial charge in [-0.2, -0.15) is 0 Å². The van der Waals surface area contributed by atoms with Crippen LogP contribution in [0.1, 0.15) is 25.3 Å². The van der Waals surface area contributed by atoms with Gasteiger partial charge in [-0.05, 0) is 31.2 Å². The molecule has 1 atom stereocenters. The maximum Gasteiger partial charge on any atom is 0.270 e. The quantitative estimate of drug-likeness (QED) is 0.370. The number of aromatic nitrogens is 3. The number of benzene rings is 2. The van der Waals surface area contributed by atoms with Crippen molar-refractivity contribution in [3.8, 4) is 17.1 Å². The number of hydrogen-bond donors (Lipinski definition) is 0. The number of alkyl halides is 2. The van der Waals surface area contributed by atoms with Crippen molar-refractivity contribution in [2.24, 2.45) is 0 Å². The van der Waals surface area contributed by atoms with Gasteiger partial charge in [-0.1, -0.05) is 6.07 Å². The fourth-order valence-electron chi connectivity index (χ4n) is 4.82. The van der Waals surface area contributed by atoms with Crippen molar-refractivity contribution >= 4 is 22.6 Å². The molecule has 3 heterocycles. The van der Waals surface area contributed by atoms with E-state index in [0.29, 0.717) is 48.1 Å². The third-order valence-electron chi connectivity index (χ3n) is 6.82. The lowest BCUT2D eigenvalue weighted by molar-refractivity contribution is -0.132. The van der Waals surface area contributed by atoms with Crippen LogP contribution in [0, 0.1) is 6.92 Å². The van der Waals surface area contributed by atoms with E-state index in [9.17, 15) is 13.6 Å². The second kappa shape index (κ2) is 9.49. The Bertz CT molecular complexity index is 1440. The number of rotatable bonds is 6. The van der Waals surface area contributed by atoms with E-state index in [1.165, 1.54) is 18.5 Å². The van der Waals surface area contributed by atoms with Gasteiger partial charge >= 0.3 is 0 Å². The molecule has 1 saturated heterocycles. The number of hydrogen-bond acceptors (Lipinski definition) is 6. The smallest absolute Gasteiger partial charge is 0.270 e. The van der Waals surface area contributed by atoms with E-state index in [-0.39, 0.29) is 24.1 Å². The predicted octanol–water partition coefficient (Wildman–Crippen LogP) is 4.86. The molecule has 1 aliphatic heterocycles. The number of nitrogens with zero attached hydrogens (tertiary/aromatic N) is 5. The molecule has 4 aromatic rings. The number of methoxy groups -OCH3 is 1. The van der Waals surface area contributed by atoms with Gasteiger partial charge in [0.2, 0.25) is 5.91 Å². The third kappa shape index (κ3) is 4.87. The summed E-state index contributed by atoms with van der Waals surface area (Å²) in [7, 11) is 1.63. The Balaban J connectivity index is 1.27. The minimum absolute atomic E-state index is 0.0377. The molecule has 1 aliphatic rings. The van der Waals surface area contributed by atoms with Crippen molar-refractivity contribution in [3.63, 3.8) is 0 Å². The van der Waals surface area contributed by atoms with Gasteiger partial charge in [-0.15, -0.1) is 0 Å². The van der Waals surface area contributed by atoms with Crippen LogP contribution in [0.25, 0.3) is 22.4 Å². The number of amides is 1. The molecule has 2 aromatic carbocycles. The van der Waals surface area contributed by atoms with E-state index in [4.69, 9.17) is 9.15 Å². The first-order valence-electron chi connectivity index (χ1n) is 12.1. The summed E-state index contributed by atoms with van der Waals surface area (Å²) in [5.74, 6) is -1.05. The number of imidazole rings is 1. The summed E-state index contributed by atoms with van der Waals surface area (Å²) in [5, 5.41) is 0. The highest BCUT2D eigenvalue weighted by Crippen LogP contribution is 2.35. The Morgan fingerprint density at radius 2 is 2.00 bits per heavy atom. The normalized spacial score (nSPS) is 16.4. The van der Waals surface area contributed by atoms with E-state index in [0.717, 1.165) is 18.2 Å². The number of fused-ring (bicyclic) bond motifs is 1. The molecular weight excluding hydrogens is 480 g/mol. The fraction of sp³-hybridized carbons (Fsp3) is 0.370. The van der Waals surface area contributed by atoms with Gasteiger partial charge < -0.3 is 23.5 Å². The van der Waals surface area contributed by atoms with Crippen molar-refractivity contribution in [2.75, 3.05) is 31.6 Å². The molecule has 0 spiro atoms. The molecule has 1 fully saturated rings. The maximum atomic E-state index is 13.7. The highest BCUT2D eigenvalue weighted by atomic mass is 19.3. The molecule has 2 aromatic heterocycles. The zero-order valence-corrected chi connectivity index (χ0v) is 21.2. The first-order chi connectivity index (χ1) is 17.6. The lowest BCUT2D eigenvalue weighted by atomic mass is 10.1. The summed E-state index contributed by atoms with van der Waals surface area (Å²) >= 11 is 0. The van der Waals surface area contributed by atoms with Crippen LogP contribution in [0.3, 0.4) is 0 Å². The number of halogens is 2. The zero-order valence-electron chi connectivity index (χ0n) is 21.2. The molecule has 0 aliphatic carbocycles. The monoisotopic (exact) mass is 509 g/mol. The van der Waals surface area contributed by atoms with Crippen molar-refractivity contribution < 1.29 is 22.7 Å². The molecule has 37 heavy (non-hydrogen) atoms. The molecule has 8 nitrogen and oxygen atoms in total. The summed E-state index contributed by atoms with van der Waals surface area (Å²) in [6.45, 7) is 6.62. The lowest BCUT2D eigenvalue weighted by Gasteiger charge is -2.41. The Labute approximate surface area is 213 Å². The number of piperazine rings is 1. The Hall–Kier alpha value is -3.95. The van der Waals surface area contributed by atoms with Crippen LogP contribution in [0.2, 0.25) is 0 Å². The van der Waals surface area contributed by atoms with Crippen LogP contribution in [0.15, 0.2) is 53.3 Å². The van der Waals surface area contributed by atoms with Crippen molar-refractivity contribution in [3.05, 3.63) is 60.4 Å². The highest BCUT2D eigenvalue weighted by molar-refractivity contribution is 5.81. The Kier molecular flexibility index (Phi) is 6.35. The van der Waals surface area contributed by atoms with Gasteiger partial charge in [-0.3, -0.25) is 4.79 Å². The van der Waals surface area contributed by atoms with Crippen LogP contribution in [0.5, 0.6) is 5.75 Å². The van der Waals surface area contributed by atoms with E-state index >= 15 is 0 Å². The SMILES string of the molecule is COc1cc(N2CCN(C(=O)Cn3cnc4cc(C(C)(F)F)ccc43)C[C@@H]2C)ccc1-c1cnc(C)o1. The molecule has 0 bridgehead atoms. The predicted molar refractivity (Wildman–Crippen MR) is 136 cm³/mol. The minimum Gasteiger partial charge on any atom is -0.496 e. The number of carbonyl (C=O) groups is 1. The first-order valence-corrected chi connectivity index (χ1v) is 12.1. The molecule has 0 unspecified atom stereocenters. The van der Waals surface area contributed by atoms with Crippen molar-refractivity contribution in [1.29, 1.82) is 0 Å². The summed E-state index contributed by atoms with van der Waals surface area (Å²) in [6.07, 6.45) is 3.21. The van der Waals surface area contributed by atoms with Gasteiger partial charge in [0.1, 0.15) is 12.3 Å². The van der Waals surface area contributed by atoms with E-state index in [1.807, 2.05) is 23.1 Å². The number of carbonyl (C=O) groups excluding carboxylic acids is 1. The van der Waals surface area contributed by atoms with Gasteiger partial charge in [0.15, 0.2) is 11.7 Å². The number of aryl methyl sites for hydroxylation is 1. The summed E-state index contributed by atoms with van der Waals surface area (Å²) in [5.41, 5.74) is 2.84. The Morgan fingerprint density at radius 3 is 2.68 bits per heavy atom. The van der Waals surface area contributed by atoms with Crippen LogP contribution in [0.4, 0.5) is 14.5 Å². The summed E-state index contributed by atoms with van der Waals surface area (Å²) in [4.78, 5) is 25.6. The largest absolute Gasteiger partial charge is 0.496 e. The first kappa shape index (κ1) is 24.7. The molecule has 10 heteroatoms. The van der Waals surface area contributed by atoms with E-state index in [1.54, 1.807) is 30.9 Å². The highest BCUT2D eigenvalue weighted by Gasteiger charge is 2.29. The fourth-order valence-corrected chi connectivity index (χ4v) is 4.82. The zero-order chi connectivity index (χ0) is 26.3. The topological polar surface area (TPSA) is 76.6 Å².